The SMILES string of the molecule is Cc1cc(C)n(C(=O)/C(C#N)=C/c2ccc(Br)cc2)n1. The normalized spacial score (nSPS) is 11.2. The maximum Gasteiger partial charge on any atom is 0.289 e. The molecule has 0 saturated heterocycles. The maximum atomic E-state index is 12.3. The number of hydrogen-bond acceptors (Lipinski definition) is 3. The minimum atomic E-state index is -0.416. The summed E-state index contributed by atoms with van der Waals surface area (Å²) in [6.07, 6.45) is 1.56. The highest BCUT2D eigenvalue weighted by Gasteiger charge is 2.15. The zero-order chi connectivity index (χ0) is 14.7. The zero-order valence-corrected chi connectivity index (χ0v) is 12.7. The largest absolute Gasteiger partial charge is 0.289 e. The molecule has 0 aliphatic heterocycles. The lowest BCUT2D eigenvalue weighted by Crippen LogP contribution is -2.15. The summed E-state index contributed by atoms with van der Waals surface area (Å²) in [5, 5.41) is 13.3. The summed E-state index contributed by atoms with van der Waals surface area (Å²) in [6.45, 7) is 3.59. The molecular weight excluding hydrogens is 318 g/mol. The molecule has 1 heterocycles. The van der Waals surface area contributed by atoms with Crippen LogP contribution >= 0.6 is 15.9 Å². The van der Waals surface area contributed by atoms with Crippen molar-refractivity contribution in [1.82, 2.24) is 9.78 Å². The van der Waals surface area contributed by atoms with Gasteiger partial charge in [0.15, 0.2) is 0 Å². The lowest BCUT2D eigenvalue weighted by Gasteiger charge is -2.02. The Hall–Kier alpha value is -2.19. The Labute approximate surface area is 125 Å². The molecule has 4 nitrogen and oxygen atoms in total. The second kappa shape index (κ2) is 5.85. The van der Waals surface area contributed by atoms with Gasteiger partial charge in [-0.3, -0.25) is 4.79 Å². The third-order valence-corrected chi connectivity index (χ3v) is 3.26. The Morgan fingerprint density at radius 3 is 2.50 bits per heavy atom. The molecule has 1 aromatic carbocycles. The second-order valence-corrected chi connectivity index (χ2v) is 5.28. The first-order chi connectivity index (χ1) is 9.51. The Kier molecular flexibility index (Phi) is 4.16. The van der Waals surface area contributed by atoms with Crippen LogP contribution in [0.3, 0.4) is 0 Å². The number of rotatable bonds is 2. The molecule has 0 bridgehead atoms. The molecule has 2 aromatic rings. The third-order valence-electron chi connectivity index (χ3n) is 2.73. The van der Waals surface area contributed by atoms with E-state index >= 15 is 0 Å². The van der Waals surface area contributed by atoms with E-state index in [1.807, 2.05) is 30.3 Å². The lowest BCUT2D eigenvalue weighted by atomic mass is 10.1. The van der Waals surface area contributed by atoms with Crippen LogP contribution in [0, 0.1) is 25.2 Å². The molecule has 0 atom stereocenters. The minimum Gasteiger partial charge on any atom is -0.266 e. The number of aryl methyl sites for hydroxylation is 2. The standard InChI is InChI=1S/C15H12BrN3O/c1-10-7-11(2)19(18-10)15(20)13(9-17)8-12-3-5-14(16)6-4-12/h3-8H,1-2H3/b13-8+. The van der Waals surface area contributed by atoms with Crippen LogP contribution in [0.1, 0.15) is 21.7 Å². The summed E-state index contributed by atoms with van der Waals surface area (Å²) < 4.78 is 2.20. The van der Waals surface area contributed by atoms with Crippen molar-refractivity contribution in [2.75, 3.05) is 0 Å². The van der Waals surface area contributed by atoms with Crippen LogP contribution in [-0.4, -0.2) is 15.7 Å². The molecular formula is C15H12BrN3O. The fourth-order valence-corrected chi connectivity index (χ4v) is 2.08. The van der Waals surface area contributed by atoms with Crippen molar-refractivity contribution in [3.8, 4) is 6.07 Å². The highest BCUT2D eigenvalue weighted by Crippen LogP contribution is 2.14. The van der Waals surface area contributed by atoms with Crippen molar-refractivity contribution in [1.29, 1.82) is 5.26 Å². The predicted octanol–water partition coefficient (Wildman–Crippen LogP) is 3.51. The van der Waals surface area contributed by atoms with E-state index in [1.165, 1.54) is 4.68 Å². The summed E-state index contributed by atoms with van der Waals surface area (Å²) in [6, 6.07) is 11.1. The number of carbonyl (C=O) groups excluding carboxylic acids is 1. The topological polar surface area (TPSA) is 58.7 Å². The fourth-order valence-electron chi connectivity index (χ4n) is 1.82. The van der Waals surface area contributed by atoms with Crippen molar-refractivity contribution in [3.05, 3.63) is 57.3 Å². The van der Waals surface area contributed by atoms with Gasteiger partial charge in [0, 0.05) is 10.2 Å². The molecule has 2 rings (SSSR count). The summed E-state index contributed by atoms with van der Waals surface area (Å²) in [4.78, 5) is 12.3. The van der Waals surface area contributed by atoms with Crippen molar-refractivity contribution < 1.29 is 4.79 Å². The average Bonchev–Trinajstić information content (AvgIpc) is 2.76. The second-order valence-electron chi connectivity index (χ2n) is 4.37. The van der Waals surface area contributed by atoms with E-state index in [9.17, 15) is 10.1 Å². The van der Waals surface area contributed by atoms with Crippen LogP contribution in [0.5, 0.6) is 0 Å². The molecule has 0 radical (unpaired) electrons. The first kappa shape index (κ1) is 14.2. The molecule has 1 aromatic heterocycles. The summed E-state index contributed by atoms with van der Waals surface area (Å²) in [5.41, 5.74) is 2.30. The summed E-state index contributed by atoms with van der Waals surface area (Å²) >= 11 is 3.34. The summed E-state index contributed by atoms with van der Waals surface area (Å²) in [5.74, 6) is -0.416. The Balaban J connectivity index is 2.38. The Bertz CT molecular complexity index is 721. The molecule has 0 aliphatic carbocycles. The molecule has 0 aliphatic rings. The number of allylic oxidation sites excluding steroid dienone is 1. The van der Waals surface area contributed by atoms with Gasteiger partial charge in [0.25, 0.3) is 5.91 Å². The van der Waals surface area contributed by atoms with Gasteiger partial charge in [0.05, 0.1) is 5.69 Å². The third kappa shape index (κ3) is 3.03. The highest BCUT2D eigenvalue weighted by atomic mass is 79.9. The molecule has 5 heteroatoms. The highest BCUT2D eigenvalue weighted by molar-refractivity contribution is 9.10. The Morgan fingerprint density at radius 1 is 1.35 bits per heavy atom. The molecule has 20 heavy (non-hydrogen) atoms. The van der Waals surface area contributed by atoms with Gasteiger partial charge >= 0.3 is 0 Å². The minimum absolute atomic E-state index is 0.0542. The van der Waals surface area contributed by atoms with E-state index in [0.717, 1.165) is 15.7 Å². The van der Waals surface area contributed by atoms with Gasteiger partial charge in [0.2, 0.25) is 0 Å². The molecule has 100 valence electrons. The van der Waals surface area contributed by atoms with Crippen LogP contribution in [-0.2, 0) is 0 Å². The van der Waals surface area contributed by atoms with Gasteiger partial charge in [-0.05, 0) is 43.7 Å². The van der Waals surface area contributed by atoms with Crippen molar-refractivity contribution in [3.63, 3.8) is 0 Å². The average molecular weight is 330 g/mol. The zero-order valence-electron chi connectivity index (χ0n) is 11.1. The molecule has 0 unspecified atom stereocenters. The van der Waals surface area contributed by atoms with E-state index < -0.39 is 5.91 Å². The van der Waals surface area contributed by atoms with Crippen LogP contribution in [0.4, 0.5) is 0 Å². The van der Waals surface area contributed by atoms with E-state index in [1.54, 1.807) is 26.0 Å². The van der Waals surface area contributed by atoms with E-state index in [0.29, 0.717) is 5.69 Å². The number of nitrogens with zero attached hydrogens (tertiary/aromatic N) is 3. The smallest absolute Gasteiger partial charge is 0.266 e. The van der Waals surface area contributed by atoms with Crippen molar-refractivity contribution in [2.45, 2.75) is 13.8 Å². The number of carbonyl (C=O) groups is 1. The van der Waals surface area contributed by atoms with Crippen LogP contribution in [0.15, 0.2) is 40.4 Å². The number of halogens is 1. The van der Waals surface area contributed by atoms with Crippen LogP contribution < -0.4 is 0 Å². The first-order valence-corrected chi connectivity index (χ1v) is 6.76. The number of aromatic nitrogens is 2. The molecule has 0 amide bonds. The fraction of sp³-hybridized carbons (Fsp3) is 0.133. The number of benzene rings is 1. The van der Waals surface area contributed by atoms with Gasteiger partial charge in [-0.2, -0.15) is 10.4 Å². The van der Waals surface area contributed by atoms with Crippen molar-refractivity contribution >= 4 is 27.9 Å². The van der Waals surface area contributed by atoms with Gasteiger partial charge < -0.3 is 0 Å². The quantitative estimate of drug-likeness (QED) is 0.625. The van der Waals surface area contributed by atoms with Gasteiger partial charge in [0.1, 0.15) is 11.6 Å². The monoisotopic (exact) mass is 329 g/mol. The van der Waals surface area contributed by atoms with E-state index in [4.69, 9.17) is 0 Å². The maximum absolute atomic E-state index is 12.3. The van der Waals surface area contributed by atoms with E-state index in [2.05, 4.69) is 21.0 Å². The molecule has 0 saturated carbocycles. The molecule has 0 N–H and O–H groups in total. The van der Waals surface area contributed by atoms with Gasteiger partial charge in [-0.15, -0.1) is 0 Å². The van der Waals surface area contributed by atoms with E-state index in [-0.39, 0.29) is 5.57 Å². The number of nitriles is 1. The Morgan fingerprint density at radius 2 is 2.00 bits per heavy atom. The first-order valence-electron chi connectivity index (χ1n) is 5.96. The molecule has 0 spiro atoms. The van der Waals surface area contributed by atoms with Crippen LogP contribution in [0.25, 0.3) is 6.08 Å². The molecule has 0 fully saturated rings. The predicted molar refractivity (Wildman–Crippen MR) is 80.1 cm³/mol. The lowest BCUT2D eigenvalue weighted by molar-refractivity contribution is 0.0944. The van der Waals surface area contributed by atoms with Crippen LogP contribution in [0.2, 0.25) is 0 Å². The number of hydrogen-bond donors (Lipinski definition) is 0. The van der Waals surface area contributed by atoms with Crippen molar-refractivity contribution in [2.24, 2.45) is 0 Å². The van der Waals surface area contributed by atoms with Gasteiger partial charge in [-0.1, -0.05) is 28.1 Å². The van der Waals surface area contributed by atoms with Gasteiger partial charge in [-0.25, -0.2) is 4.68 Å². The summed E-state index contributed by atoms with van der Waals surface area (Å²) in [7, 11) is 0.